The third-order valence-corrected chi connectivity index (χ3v) is 1.51. The Balaban J connectivity index is -0.000000240. The molecule has 0 fully saturated rings. The van der Waals surface area contributed by atoms with Crippen LogP contribution in [0, 0.1) is 0 Å². The number of aliphatic hydroxyl groups excluding tert-OH is 5. The van der Waals surface area contributed by atoms with Crippen LogP contribution in [-0.2, 0) is 4.79 Å². The molecule has 0 radical (unpaired) electrons. The van der Waals surface area contributed by atoms with E-state index < -0.39 is 37.0 Å². The number of carboxylic acids is 1. The Bertz CT molecular complexity index is 184. The van der Waals surface area contributed by atoms with Gasteiger partial charge in [0.15, 0.2) is 6.10 Å². The number of hydrogen-bond acceptors (Lipinski definition) is 6. The van der Waals surface area contributed by atoms with Crippen molar-refractivity contribution in [2.24, 2.45) is 0 Å². The van der Waals surface area contributed by atoms with E-state index in [1.807, 2.05) is 0 Å². The first-order valence-electron chi connectivity index (χ1n) is 3.47. The van der Waals surface area contributed by atoms with Crippen molar-refractivity contribution in [2.75, 3.05) is 6.61 Å². The fraction of sp³-hybridized carbons (Fsp3) is 0.833. The van der Waals surface area contributed by atoms with Gasteiger partial charge < -0.3 is 33.5 Å². The Morgan fingerprint density at radius 1 is 1.14 bits per heavy atom. The molecule has 0 aliphatic carbocycles. The van der Waals surface area contributed by atoms with Crippen LogP contribution in [-0.4, -0.2) is 105 Å². The van der Waals surface area contributed by atoms with Crippen LogP contribution in [0.15, 0.2) is 0 Å². The summed E-state index contributed by atoms with van der Waals surface area (Å²) in [6.45, 7) is -0.843. The second-order valence-corrected chi connectivity index (χ2v) is 2.51. The van der Waals surface area contributed by atoms with Crippen LogP contribution >= 0.6 is 0 Å². The van der Waals surface area contributed by atoms with E-state index in [0.717, 1.165) is 0 Å². The largest absolute Gasteiger partial charge is 2.00 e. The third-order valence-electron chi connectivity index (χ3n) is 1.51. The molecule has 6 N–H and O–H groups in total. The molecule has 0 amide bonds. The first-order chi connectivity index (χ1) is 5.91. The maximum atomic E-state index is 10.1. The average molecular weight is 238 g/mol. The smallest absolute Gasteiger partial charge is 1.00 e. The first-order valence-corrected chi connectivity index (χ1v) is 3.47. The summed E-state index contributed by atoms with van der Waals surface area (Å²) in [5, 5.41) is 51.8. The van der Waals surface area contributed by atoms with Crippen LogP contribution in [0.5, 0.6) is 0 Å². The van der Waals surface area contributed by atoms with E-state index in [-0.39, 0.29) is 40.6 Å². The van der Waals surface area contributed by atoms with Crippen molar-refractivity contribution < 1.29 is 38.3 Å². The third kappa shape index (κ3) is 4.85. The van der Waals surface area contributed by atoms with Crippen molar-refractivity contribution in [3.8, 4) is 0 Å². The second kappa shape index (κ2) is 7.77. The average Bonchev–Trinajstić information content (AvgIpc) is 2.12. The summed E-state index contributed by atoms with van der Waals surface area (Å²) in [7, 11) is 0. The molecule has 4 atom stereocenters. The van der Waals surface area contributed by atoms with Crippen LogP contribution in [0.25, 0.3) is 0 Å². The van der Waals surface area contributed by atoms with E-state index in [1.165, 1.54) is 0 Å². The van der Waals surface area contributed by atoms with Crippen molar-refractivity contribution in [2.45, 2.75) is 24.4 Å². The molecule has 82 valence electrons. The summed E-state index contributed by atoms with van der Waals surface area (Å²) < 4.78 is 0. The zero-order valence-corrected chi connectivity index (χ0v) is 9.52. The number of rotatable bonds is 5. The van der Waals surface area contributed by atoms with Crippen LogP contribution in [0.2, 0.25) is 0 Å². The van der Waals surface area contributed by atoms with E-state index in [4.69, 9.17) is 30.6 Å². The molecular weight excluding hydrogens is 224 g/mol. The maximum absolute atomic E-state index is 10.1. The Hall–Kier alpha value is 0.530. The van der Waals surface area contributed by atoms with E-state index in [1.54, 1.807) is 0 Å². The molecule has 7 nitrogen and oxygen atoms in total. The Labute approximate surface area is 113 Å². The van der Waals surface area contributed by atoms with Crippen molar-refractivity contribution in [3.05, 3.63) is 0 Å². The van der Waals surface area contributed by atoms with Gasteiger partial charge in [0.05, 0.1) is 6.61 Å². The molecule has 14 heavy (non-hydrogen) atoms. The van der Waals surface area contributed by atoms with Crippen LogP contribution < -0.4 is 0 Å². The van der Waals surface area contributed by atoms with Crippen molar-refractivity contribution in [1.29, 1.82) is 0 Å². The van der Waals surface area contributed by atoms with Gasteiger partial charge >= 0.3 is 43.7 Å². The Morgan fingerprint density at radius 2 is 1.57 bits per heavy atom. The number of carbonyl (C=O) groups is 1. The molecule has 0 spiro atoms. The number of hydrogen-bond donors (Lipinski definition) is 6. The second-order valence-electron chi connectivity index (χ2n) is 2.51. The Morgan fingerprint density at radius 3 is 1.86 bits per heavy atom. The number of aliphatic carboxylic acids is 1. The minimum absolute atomic E-state index is 0. The molecule has 0 aliphatic heterocycles. The zero-order valence-electron chi connectivity index (χ0n) is 9.32. The molecule has 0 unspecified atom stereocenters. The van der Waals surface area contributed by atoms with Crippen molar-refractivity contribution in [1.82, 2.24) is 0 Å². The summed E-state index contributed by atoms with van der Waals surface area (Å²) >= 11 is 0. The minimum Gasteiger partial charge on any atom is -1.00 e. The van der Waals surface area contributed by atoms with E-state index in [9.17, 15) is 4.79 Å². The molecule has 8 heteroatoms. The van der Waals surface area contributed by atoms with E-state index in [0.29, 0.717) is 0 Å². The molecule has 0 heterocycles. The van der Waals surface area contributed by atoms with Crippen LogP contribution in [0.4, 0.5) is 0 Å². The van der Waals surface area contributed by atoms with Gasteiger partial charge in [-0.05, 0) is 0 Å². The molecule has 0 saturated carbocycles. The fourth-order valence-corrected chi connectivity index (χ4v) is 0.668. The van der Waals surface area contributed by atoms with E-state index in [2.05, 4.69) is 0 Å². The van der Waals surface area contributed by atoms with Gasteiger partial charge in [-0.3, -0.25) is 0 Å². The summed E-state index contributed by atoms with van der Waals surface area (Å²) in [6.07, 6.45) is -7.84. The molecular formula is C6H14CaO7. The molecule has 0 bridgehead atoms. The quantitative estimate of drug-likeness (QED) is 0.271. The van der Waals surface area contributed by atoms with Gasteiger partial charge in [-0.2, -0.15) is 0 Å². The SMILES string of the molecule is O=C(O)[C@H](O)[C@@H](O)[C@H](O)[C@H](O)CO.[Ca+2].[H-].[H-]. The van der Waals surface area contributed by atoms with Gasteiger partial charge in [-0.15, -0.1) is 0 Å². The fourth-order valence-electron chi connectivity index (χ4n) is 0.668. The van der Waals surface area contributed by atoms with Gasteiger partial charge in [-0.1, -0.05) is 0 Å². The summed E-state index contributed by atoms with van der Waals surface area (Å²) in [4.78, 5) is 10.1. The maximum Gasteiger partial charge on any atom is 2.00 e. The number of aliphatic hydroxyl groups is 5. The van der Waals surface area contributed by atoms with Gasteiger partial charge in [0.2, 0.25) is 0 Å². The van der Waals surface area contributed by atoms with Gasteiger partial charge in [-0.25, -0.2) is 4.79 Å². The molecule has 0 aromatic heterocycles. The van der Waals surface area contributed by atoms with Gasteiger partial charge in [0.25, 0.3) is 0 Å². The minimum atomic E-state index is -2.20. The van der Waals surface area contributed by atoms with Crippen molar-refractivity contribution in [3.63, 3.8) is 0 Å². The zero-order chi connectivity index (χ0) is 10.6. The first kappa shape index (κ1) is 16.9. The molecule has 0 saturated heterocycles. The van der Waals surface area contributed by atoms with Crippen molar-refractivity contribution >= 4 is 43.7 Å². The molecule has 0 rings (SSSR count). The summed E-state index contributed by atoms with van der Waals surface area (Å²) in [6, 6.07) is 0. The number of carboxylic acid groups (broad SMARTS) is 1. The summed E-state index contributed by atoms with van der Waals surface area (Å²) in [5.74, 6) is -1.73. The monoisotopic (exact) mass is 238 g/mol. The standard InChI is InChI=1S/C6H12O7.Ca.2H/c7-1-2(8)3(9)4(10)5(11)6(12)13;;;/h2-5,7-11H,1H2,(H,12,13);;;/q;+2;2*-1/t2-,3-,4+,5-;;;/m1.../s1. The van der Waals surface area contributed by atoms with Gasteiger partial charge in [0, 0.05) is 0 Å². The predicted octanol–water partition coefficient (Wildman–Crippen LogP) is -3.65. The Kier molecular flexibility index (Phi) is 9.41. The van der Waals surface area contributed by atoms with Gasteiger partial charge in [0.1, 0.15) is 18.3 Å². The topological polar surface area (TPSA) is 138 Å². The predicted molar refractivity (Wildman–Crippen MR) is 46.7 cm³/mol. The molecule has 0 aromatic carbocycles. The van der Waals surface area contributed by atoms with Crippen LogP contribution in [0.1, 0.15) is 2.85 Å². The van der Waals surface area contributed by atoms with Crippen LogP contribution in [0.3, 0.4) is 0 Å². The van der Waals surface area contributed by atoms with E-state index >= 15 is 0 Å². The summed E-state index contributed by atoms with van der Waals surface area (Å²) in [5.41, 5.74) is 0. The molecule has 0 aromatic rings. The molecule has 0 aliphatic rings. The normalized spacial score (nSPS) is 18.9.